The zero-order valence-electron chi connectivity index (χ0n) is 9.74. The molecule has 4 heteroatoms. The van der Waals surface area contributed by atoms with E-state index >= 15 is 0 Å². The number of fused-ring (bicyclic) bond motifs is 1. The number of hydrogen-bond donors (Lipinski definition) is 1. The van der Waals surface area contributed by atoms with E-state index in [2.05, 4.69) is 0 Å². The Morgan fingerprint density at radius 1 is 1.25 bits per heavy atom. The van der Waals surface area contributed by atoms with Crippen molar-refractivity contribution >= 4 is 0 Å². The van der Waals surface area contributed by atoms with Crippen LogP contribution in [0.5, 0.6) is 11.5 Å². The molecule has 0 aliphatic carbocycles. The van der Waals surface area contributed by atoms with Gasteiger partial charge in [-0.05, 0) is 19.1 Å². The molecule has 2 rings (SSSR count). The number of benzene rings is 1. The van der Waals surface area contributed by atoms with E-state index in [0.717, 1.165) is 11.3 Å². The quantitative estimate of drug-likeness (QED) is 0.825. The highest BCUT2D eigenvalue weighted by Gasteiger charge is 2.35. The summed E-state index contributed by atoms with van der Waals surface area (Å²) in [5, 5.41) is 10.2. The van der Waals surface area contributed by atoms with E-state index in [-0.39, 0.29) is 0 Å². The molecule has 1 N–H and O–H groups in total. The molecular formula is C12H16O4. The standard InChI is InChI=1S/C12H16O4/c1-12(13)11-8(6-7-16-12)9(14-2)4-5-10(11)15-3/h4-5,13H,6-7H2,1-3H3. The van der Waals surface area contributed by atoms with Gasteiger partial charge in [-0.1, -0.05) is 0 Å². The SMILES string of the molecule is COc1ccc(OC)c2c1CCOC2(C)O. The number of aliphatic hydroxyl groups is 1. The molecule has 1 unspecified atom stereocenters. The molecule has 0 aromatic heterocycles. The van der Waals surface area contributed by atoms with Crippen LogP contribution in [0.2, 0.25) is 0 Å². The average Bonchev–Trinajstić information content (AvgIpc) is 2.27. The van der Waals surface area contributed by atoms with E-state index in [1.807, 2.05) is 6.07 Å². The molecule has 1 aliphatic rings. The molecule has 1 aromatic carbocycles. The van der Waals surface area contributed by atoms with Gasteiger partial charge in [0.1, 0.15) is 11.5 Å². The van der Waals surface area contributed by atoms with Gasteiger partial charge in [-0.25, -0.2) is 0 Å². The molecular weight excluding hydrogens is 208 g/mol. The zero-order chi connectivity index (χ0) is 11.8. The summed E-state index contributed by atoms with van der Waals surface area (Å²) in [6, 6.07) is 3.62. The Labute approximate surface area is 94.8 Å². The second-order valence-electron chi connectivity index (χ2n) is 3.90. The van der Waals surface area contributed by atoms with Crippen LogP contribution in [-0.2, 0) is 16.9 Å². The molecule has 0 radical (unpaired) electrons. The molecule has 0 saturated carbocycles. The lowest BCUT2D eigenvalue weighted by Gasteiger charge is -2.33. The Kier molecular flexibility index (Phi) is 2.78. The van der Waals surface area contributed by atoms with Crippen molar-refractivity contribution in [2.45, 2.75) is 19.1 Å². The van der Waals surface area contributed by atoms with Gasteiger partial charge in [0.15, 0.2) is 5.79 Å². The van der Waals surface area contributed by atoms with Crippen molar-refractivity contribution in [1.82, 2.24) is 0 Å². The Balaban J connectivity index is 2.65. The minimum absolute atomic E-state index is 0.476. The van der Waals surface area contributed by atoms with Crippen LogP contribution in [-0.4, -0.2) is 25.9 Å². The van der Waals surface area contributed by atoms with E-state index in [0.29, 0.717) is 24.3 Å². The minimum atomic E-state index is -1.31. The van der Waals surface area contributed by atoms with Crippen LogP contribution in [0.3, 0.4) is 0 Å². The molecule has 0 bridgehead atoms. The summed E-state index contributed by atoms with van der Waals surface area (Å²) in [5.41, 5.74) is 1.62. The molecule has 1 heterocycles. The molecule has 1 atom stereocenters. The van der Waals surface area contributed by atoms with E-state index in [1.165, 1.54) is 0 Å². The van der Waals surface area contributed by atoms with Crippen LogP contribution < -0.4 is 9.47 Å². The van der Waals surface area contributed by atoms with Gasteiger partial charge in [-0.15, -0.1) is 0 Å². The van der Waals surface area contributed by atoms with E-state index in [1.54, 1.807) is 27.2 Å². The van der Waals surface area contributed by atoms with Gasteiger partial charge in [-0.3, -0.25) is 0 Å². The Morgan fingerprint density at radius 3 is 2.50 bits per heavy atom. The Bertz CT molecular complexity index is 398. The van der Waals surface area contributed by atoms with E-state index < -0.39 is 5.79 Å². The third kappa shape index (κ3) is 1.64. The van der Waals surface area contributed by atoms with E-state index in [9.17, 15) is 5.11 Å². The van der Waals surface area contributed by atoms with Crippen molar-refractivity contribution in [3.05, 3.63) is 23.3 Å². The Hall–Kier alpha value is -1.26. The number of methoxy groups -OCH3 is 2. The summed E-state index contributed by atoms with van der Waals surface area (Å²) in [6.45, 7) is 2.09. The normalized spacial score (nSPS) is 23.8. The molecule has 0 saturated heterocycles. The second kappa shape index (κ2) is 3.96. The summed E-state index contributed by atoms with van der Waals surface area (Å²) in [4.78, 5) is 0. The fourth-order valence-electron chi connectivity index (χ4n) is 2.15. The van der Waals surface area contributed by atoms with Gasteiger partial charge < -0.3 is 19.3 Å². The average molecular weight is 224 g/mol. The lowest BCUT2D eigenvalue weighted by atomic mass is 9.94. The van der Waals surface area contributed by atoms with Crippen LogP contribution in [0, 0.1) is 0 Å². The summed E-state index contributed by atoms with van der Waals surface area (Å²) >= 11 is 0. The largest absolute Gasteiger partial charge is 0.496 e. The van der Waals surface area contributed by atoms with Crippen molar-refractivity contribution in [3.63, 3.8) is 0 Å². The summed E-state index contributed by atoms with van der Waals surface area (Å²) in [6.07, 6.45) is 0.714. The maximum absolute atomic E-state index is 10.2. The van der Waals surface area contributed by atoms with E-state index in [4.69, 9.17) is 14.2 Å². The predicted molar refractivity (Wildman–Crippen MR) is 58.8 cm³/mol. The number of ether oxygens (including phenoxy) is 3. The van der Waals surface area contributed by atoms with Gasteiger partial charge in [-0.2, -0.15) is 0 Å². The number of hydrogen-bond acceptors (Lipinski definition) is 4. The zero-order valence-corrected chi connectivity index (χ0v) is 9.74. The first kappa shape index (κ1) is 11.2. The lowest BCUT2D eigenvalue weighted by molar-refractivity contribution is -0.206. The van der Waals surface area contributed by atoms with Crippen LogP contribution in [0.15, 0.2) is 12.1 Å². The second-order valence-corrected chi connectivity index (χ2v) is 3.90. The minimum Gasteiger partial charge on any atom is -0.496 e. The molecule has 16 heavy (non-hydrogen) atoms. The smallest absolute Gasteiger partial charge is 0.193 e. The molecule has 88 valence electrons. The molecule has 0 spiro atoms. The molecule has 0 fully saturated rings. The molecule has 1 aliphatic heterocycles. The third-order valence-electron chi connectivity index (χ3n) is 2.87. The first-order valence-corrected chi connectivity index (χ1v) is 5.21. The van der Waals surface area contributed by atoms with Crippen LogP contribution in [0.1, 0.15) is 18.1 Å². The lowest BCUT2D eigenvalue weighted by Crippen LogP contribution is -2.33. The molecule has 0 amide bonds. The van der Waals surface area contributed by atoms with Gasteiger partial charge in [0.05, 0.1) is 26.4 Å². The summed E-state index contributed by atoms with van der Waals surface area (Å²) in [7, 11) is 3.19. The van der Waals surface area contributed by atoms with Gasteiger partial charge >= 0.3 is 0 Å². The summed E-state index contributed by atoms with van der Waals surface area (Å²) < 4.78 is 15.9. The monoisotopic (exact) mass is 224 g/mol. The van der Waals surface area contributed by atoms with Crippen molar-refractivity contribution in [2.24, 2.45) is 0 Å². The highest BCUT2D eigenvalue weighted by atomic mass is 16.6. The van der Waals surface area contributed by atoms with Crippen molar-refractivity contribution in [2.75, 3.05) is 20.8 Å². The van der Waals surface area contributed by atoms with Gasteiger partial charge in [0.25, 0.3) is 0 Å². The highest BCUT2D eigenvalue weighted by Crippen LogP contribution is 2.41. The fraction of sp³-hybridized carbons (Fsp3) is 0.500. The summed E-state index contributed by atoms with van der Waals surface area (Å²) in [5.74, 6) is 0.0767. The van der Waals surface area contributed by atoms with Crippen LogP contribution in [0.4, 0.5) is 0 Å². The molecule has 1 aromatic rings. The topological polar surface area (TPSA) is 47.9 Å². The first-order valence-electron chi connectivity index (χ1n) is 5.21. The van der Waals surface area contributed by atoms with Gasteiger partial charge in [0, 0.05) is 12.0 Å². The van der Waals surface area contributed by atoms with Crippen LogP contribution in [0.25, 0.3) is 0 Å². The van der Waals surface area contributed by atoms with Gasteiger partial charge in [0.2, 0.25) is 0 Å². The van der Waals surface area contributed by atoms with Crippen molar-refractivity contribution in [1.29, 1.82) is 0 Å². The number of rotatable bonds is 2. The first-order chi connectivity index (χ1) is 7.60. The van der Waals surface area contributed by atoms with Crippen molar-refractivity contribution in [3.8, 4) is 11.5 Å². The highest BCUT2D eigenvalue weighted by molar-refractivity contribution is 5.51. The fourth-order valence-corrected chi connectivity index (χ4v) is 2.15. The maximum Gasteiger partial charge on any atom is 0.193 e. The Morgan fingerprint density at radius 2 is 1.88 bits per heavy atom. The van der Waals surface area contributed by atoms with Crippen molar-refractivity contribution < 1.29 is 19.3 Å². The van der Waals surface area contributed by atoms with Crippen LogP contribution >= 0.6 is 0 Å². The molecule has 4 nitrogen and oxygen atoms in total. The third-order valence-corrected chi connectivity index (χ3v) is 2.87. The maximum atomic E-state index is 10.2. The predicted octanol–water partition coefficient (Wildman–Crippen LogP) is 1.44.